The molecule has 0 spiro atoms. The van der Waals surface area contributed by atoms with Crippen LogP contribution in [0.3, 0.4) is 0 Å². The van der Waals surface area contributed by atoms with E-state index in [4.69, 9.17) is 4.74 Å². The Morgan fingerprint density at radius 2 is 2.24 bits per heavy atom. The Morgan fingerprint density at radius 3 is 2.76 bits per heavy atom. The van der Waals surface area contributed by atoms with Gasteiger partial charge in [0.05, 0.1) is 24.2 Å². The van der Waals surface area contributed by atoms with Gasteiger partial charge in [0.1, 0.15) is 5.69 Å². The number of aromatic nitrogens is 1. The molecule has 0 saturated heterocycles. The summed E-state index contributed by atoms with van der Waals surface area (Å²) in [5.74, 6) is 0.316. The number of ether oxygens (including phenoxy) is 1. The lowest BCUT2D eigenvalue weighted by Crippen LogP contribution is -2.11. The summed E-state index contributed by atoms with van der Waals surface area (Å²) in [6.07, 6.45) is 4.92. The number of sulfonamides is 1. The van der Waals surface area contributed by atoms with E-state index in [-0.39, 0.29) is 17.5 Å². The van der Waals surface area contributed by atoms with Gasteiger partial charge in [-0.25, -0.2) is 13.4 Å². The number of aldehydes is 1. The highest BCUT2D eigenvalue weighted by Gasteiger charge is 2.25. The van der Waals surface area contributed by atoms with Gasteiger partial charge in [-0.1, -0.05) is 0 Å². The van der Waals surface area contributed by atoms with Gasteiger partial charge in [-0.3, -0.25) is 9.52 Å². The van der Waals surface area contributed by atoms with E-state index in [9.17, 15) is 13.2 Å². The maximum absolute atomic E-state index is 11.1. The van der Waals surface area contributed by atoms with E-state index in [1.54, 1.807) is 0 Å². The number of nitrogens with zero attached hydrogens (tertiary/aromatic N) is 1. The fourth-order valence-corrected chi connectivity index (χ4v) is 1.81. The van der Waals surface area contributed by atoms with E-state index in [1.165, 1.54) is 12.3 Å². The standard InChI is InChI=1S/C10H12N2O4S/c1-17(14,15)12-7-4-10(16-8-2-3-8)9(6-13)11-5-7/h4-6,8,12H,2-3H2,1H3. The van der Waals surface area contributed by atoms with Gasteiger partial charge in [0, 0.05) is 6.07 Å². The van der Waals surface area contributed by atoms with Crippen LogP contribution in [0.5, 0.6) is 5.75 Å². The maximum atomic E-state index is 11.1. The largest absolute Gasteiger partial charge is 0.488 e. The SMILES string of the molecule is CS(=O)(=O)Nc1cnc(C=O)c(OC2CC2)c1. The molecule has 0 bridgehead atoms. The summed E-state index contributed by atoms with van der Waals surface area (Å²) in [5, 5.41) is 0. The second-order valence-electron chi connectivity index (χ2n) is 3.92. The van der Waals surface area contributed by atoms with Crippen molar-refractivity contribution in [2.24, 2.45) is 0 Å². The first-order valence-corrected chi connectivity index (χ1v) is 6.97. The molecule has 1 aromatic heterocycles. The average Bonchev–Trinajstić information content (AvgIpc) is 3.00. The van der Waals surface area contributed by atoms with Gasteiger partial charge in [-0.05, 0) is 12.8 Å². The second kappa shape index (κ2) is 4.33. The van der Waals surface area contributed by atoms with Crippen molar-refractivity contribution in [3.63, 3.8) is 0 Å². The minimum Gasteiger partial charge on any atom is -0.488 e. The molecule has 17 heavy (non-hydrogen) atoms. The molecule has 0 unspecified atom stereocenters. The second-order valence-corrected chi connectivity index (χ2v) is 5.67. The molecule has 0 atom stereocenters. The number of pyridine rings is 1. The van der Waals surface area contributed by atoms with E-state index in [0.717, 1.165) is 19.1 Å². The van der Waals surface area contributed by atoms with Crippen LogP contribution in [0.1, 0.15) is 23.3 Å². The van der Waals surface area contributed by atoms with E-state index < -0.39 is 10.0 Å². The number of rotatable bonds is 5. The van der Waals surface area contributed by atoms with Crippen molar-refractivity contribution in [3.05, 3.63) is 18.0 Å². The highest BCUT2D eigenvalue weighted by atomic mass is 32.2. The Bertz CT molecular complexity index is 537. The number of hydrogen-bond donors (Lipinski definition) is 1. The number of anilines is 1. The van der Waals surface area contributed by atoms with Crippen LogP contribution in [0.2, 0.25) is 0 Å². The van der Waals surface area contributed by atoms with Crippen LogP contribution in [-0.4, -0.2) is 32.0 Å². The van der Waals surface area contributed by atoms with Gasteiger partial charge in [-0.2, -0.15) is 0 Å². The van der Waals surface area contributed by atoms with Crippen LogP contribution in [-0.2, 0) is 10.0 Å². The van der Waals surface area contributed by atoms with Crippen molar-refractivity contribution in [3.8, 4) is 5.75 Å². The van der Waals surface area contributed by atoms with Crippen molar-refractivity contribution in [1.82, 2.24) is 4.98 Å². The highest BCUT2D eigenvalue weighted by Crippen LogP contribution is 2.29. The normalized spacial score (nSPS) is 15.4. The molecule has 1 heterocycles. The predicted molar refractivity (Wildman–Crippen MR) is 61.7 cm³/mol. The highest BCUT2D eigenvalue weighted by molar-refractivity contribution is 7.92. The summed E-state index contributed by atoms with van der Waals surface area (Å²) in [5.41, 5.74) is 0.463. The molecule has 1 aliphatic rings. The molecule has 0 aromatic carbocycles. The lowest BCUT2D eigenvalue weighted by atomic mass is 10.3. The van der Waals surface area contributed by atoms with Gasteiger partial charge in [-0.15, -0.1) is 0 Å². The van der Waals surface area contributed by atoms with Gasteiger partial charge in [0.15, 0.2) is 12.0 Å². The predicted octanol–water partition coefficient (Wildman–Crippen LogP) is 0.807. The molecule has 1 aromatic rings. The van der Waals surface area contributed by atoms with Crippen LogP contribution < -0.4 is 9.46 Å². The molecule has 0 aliphatic heterocycles. The van der Waals surface area contributed by atoms with E-state index in [1.807, 2.05) is 0 Å². The molecule has 2 rings (SSSR count). The number of nitrogens with one attached hydrogen (secondary N) is 1. The number of carbonyl (C=O) groups excluding carboxylic acids is 1. The van der Waals surface area contributed by atoms with Crippen molar-refractivity contribution >= 4 is 22.0 Å². The number of carbonyl (C=O) groups is 1. The first kappa shape index (κ1) is 11.8. The Kier molecular flexibility index (Phi) is 3.01. The average molecular weight is 256 g/mol. The van der Waals surface area contributed by atoms with Crippen LogP contribution >= 0.6 is 0 Å². The van der Waals surface area contributed by atoms with Crippen LogP contribution in [0.4, 0.5) is 5.69 Å². The van der Waals surface area contributed by atoms with Gasteiger partial charge in [0.2, 0.25) is 10.0 Å². The zero-order valence-electron chi connectivity index (χ0n) is 9.21. The maximum Gasteiger partial charge on any atom is 0.229 e. The first-order valence-electron chi connectivity index (χ1n) is 5.07. The lowest BCUT2D eigenvalue weighted by Gasteiger charge is -2.09. The Hall–Kier alpha value is -1.63. The lowest BCUT2D eigenvalue weighted by molar-refractivity contribution is 0.111. The summed E-state index contributed by atoms with van der Waals surface area (Å²) < 4.78 is 29.9. The molecule has 0 radical (unpaired) electrons. The third-order valence-corrected chi connectivity index (χ3v) is 2.72. The van der Waals surface area contributed by atoms with Crippen molar-refractivity contribution in [2.75, 3.05) is 11.0 Å². The molecule has 6 nitrogen and oxygen atoms in total. The van der Waals surface area contributed by atoms with Gasteiger partial charge in [0.25, 0.3) is 0 Å². The van der Waals surface area contributed by atoms with E-state index in [0.29, 0.717) is 12.0 Å². The van der Waals surface area contributed by atoms with Crippen molar-refractivity contribution in [1.29, 1.82) is 0 Å². The quantitative estimate of drug-likeness (QED) is 0.788. The summed E-state index contributed by atoms with van der Waals surface area (Å²) in [4.78, 5) is 14.6. The Balaban J connectivity index is 2.26. The molecule has 1 saturated carbocycles. The minimum absolute atomic E-state index is 0.115. The zero-order chi connectivity index (χ0) is 12.5. The monoisotopic (exact) mass is 256 g/mol. The smallest absolute Gasteiger partial charge is 0.229 e. The third-order valence-electron chi connectivity index (χ3n) is 2.11. The fourth-order valence-electron chi connectivity index (χ4n) is 1.27. The molecular weight excluding hydrogens is 244 g/mol. The fraction of sp³-hybridized carbons (Fsp3) is 0.400. The minimum atomic E-state index is -3.36. The molecule has 7 heteroatoms. The molecule has 92 valence electrons. The Morgan fingerprint density at radius 1 is 1.53 bits per heavy atom. The molecular formula is C10H12N2O4S. The van der Waals surface area contributed by atoms with Crippen LogP contribution in [0.25, 0.3) is 0 Å². The van der Waals surface area contributed by atoms with Crippen molar-refractivity contribution < 1.29 is 17.9 Å². The molecule has 1 fully saturated rings. The zero-order valence-corrected chi connectivity index (χ0v) is 10.0. The van der Waals surface area contributed by atoms with Crippen LogP contribution in [0, 0.1) is 0 Å². The van der Waals surface area contributed by atoms with E-state index in [2.05, 4.69) is 9.71 Å². The third kappa shape index (κ3) is 3.42. The Labute approximate surface area is 99.1 Å². The summed E-state index contributed by atoms with van der Waals surface area (Å²) in [6, 6.07) is 1.47. The first-order chi connectivity index (χ1) is 7.98. The topological polar surface area (TPSA) is 85.4 Å². The molecule has 1 aliphatic carbocycles. The van der Waals surface area contributed by atoms with E-state index >= 15 is 0 Å². The van der Waals surface area contributed by atoms with Gasteiger partial charge < -0.3 is 4.74 Å². The number of hydrogen-bond acceptors (Lipinski definition) is 5. The summed E-state index contributed by atoms with van der Waals surface area (Å²) in [7, 11) is -3.36. The van der Waals surface area contributed by atoms with Crippen LogP contribution in [0.15, 0.2) is 12.3 Å². The van der Waals surface area contributed by atoms with Crippen molar-refractivity contribution in [2.45, 2.75) is 18.9 Å². The molecule has 1 N–H and O–H groups in total. The van der Waals surface area contributed by atoms with Gasteiger partial charge >= 0.3 is 0 Å². The summed E-state index contributed by atoms with van der Waals surface area (Å²) in [6.45, 7) is 0. The molecule has 0 amide bonds. The summed E-state index contributed by atoms with van der Waals surface area (Å²) >= 11 is 0.